The first-order valence-corrected chi connectivity index (χ1v) is 9.53. The molecular formula is C19H18ClN3O4S. The normalized spacial score (nSPS) is 11.1. The molecule has 0 unspecified atom stereocenters. The monoisotopic (exact) mass is 419 g/mol. The number of aromatic amines is 1. The van der Waals surface area contributed by atoms with Crippen LogP contribution in [0.25, 0.3) is 11.3 Å². The zero-order valence-electron chi connectivity index (χ0n) is 15.4. The largest absolute Gasteiger partial charge is 0.478 e. The van der Waals surface area contributed by atoms with Crippen LogP contribution < -0.4 is 10.1 Å². The second-order valence-electron chi connectivity index (χ2n) is 6.35. The third-order valence-electron chi connectivity index (χ3n) is 3.84. The Morgan fingerprint density at radius 2 is 1.96 bits per heavy atom. The maximum absolute atomic E-state index is 12.6. The van der Waals surface area contributed by atoms with E-state index < -0.39 is 11.6 Å². The van der Waals surface area contributed by atoms with E-state index in [1.54, 1.807) is 55.8 Å². The lowest BCUT2D eigenvalue weighted by molar-refractivity contribution is -0.128. The van der Waals surface area contributed by atoms with Gasteiger partial charge in [-0.25, -0.2) is 9.78 Å². The maximum Gasteiger partial charge on any atom is 0.354 e. The molecule has 3 rings (SSSR count). The van der Waals surface area contributed by atoms with E-state index in [1.165, 1.54) is 18.4 Å². The number of anilines is 1. The molecule has 0 bridgehead atoms. The number of H-pyrrole nitrogens is 1. The molecule has 2 aromatic heterocycles. The molecule has 0 aliphatic carbocycles. The van der Waals surface area contributed by atoms with Gasteiger partial charge in [-0.3, -0.25) is 10.1 Å². The average Bonchev–Trinajstić information content (AvgIpc) is 3.32. The van der Waals surface area contributed by atoms with Crippen molar-refractivity contribution in [3.8, 4) is 17.0 Å². The summed E-state index contributed by atoms with van der Waals surface area (Å²) >= 11 is 7.14. The van der Waals surface area contributed by atoms with E-state index in [2.05, 4.69) is 20.0 Å². The summed E-state index contributed by atoms with van der Waals surface area (Å²) in [6, 6.07) is 8.42. The highest BCUT2D eigenvalue weighted by Gasteiger charge is 2.30. The molecule has 1 aromatic carbocycles. The number of benzene rings is 1. The molecule has 2 N–H and O–H groups in total. The summed E-state index contributed by atoms with van der Waals surface area (Å²) in [7, 11) is 1.31. The Morgan fingerprint density at radius 3 is 2.64 bits per heavy atom. The molecular weight excluding hydrogens is 402 g/mol. The maximum atomic E-state index is 12.6. The highest BCUT2D eigenvalue weighted by atomic mass is 35.5. The Kier molecular flexibility index (Phi) is 5.71. The fourth-order valence-electron chi connectivity index (χ4n) is 2.33. The second kappa shape index (κ2) is 8.04. The summed E-state index contributed by atoms with van der Waals surface area (Å²) in [5.41, 5.74) is 0.553. The van der Waals surface area contributed by atoms with Gasteiger partial charge in [0.05, 0.1) is 12.8 Å². The van der Waals surface area contributed by atoms with Gasteiger partial charge in [-0.05, 0) is 44.2 Å². The van der Waals surface area contributed by atoms with E-state index in [0.717, 1.165) is 0 Å². The lowest BCUT2D eigenvalue weighted by Crippen LogP contribution is -2.42. The number of halogens is 1. The third-order valence-corrected chi connectivity index (χ3v) is 4.85. The van der Waals surface area contributed by atoms with E-state index in [4.69, 9.17) is 16.3 Å². The Morgan fingerprint density at radius 1 is 1.25 bits per heavy atom. The number of ether oxygens (including phenoxy) is 2. The summed E-state index contributed by atoms with van der Waals surface area (Å²) in [5.74, 6) is -0.268. The zero-order valence-corrected chi connectivity index (χ0v) is 17.0. The zero-order chi connectivity index (χ0) is 20.3. The molecule has 0 saturated heterocycles. The quantitative estimate of drug-likeness (QED) is 0.578. The van der Waals surface area contributed by atoms with Gasteiger partial charge in [0.25, 0.3) is 5.91 Å². The SMILES string of the molecule is COC(=O)c1cc(-c2csc(NC(=O)C(C)(C)Oc3ccc(Cl)cc3)n2)c[nH]1. The van der Waals surface area contributed by atoms with Gasteiger partial charge in [0.15, 0.2) is 10.7 Å². The molecule has 0 atom stereocenters. The molecule has 1 amide bonds. The predicted molar refractivity (Wildman–Crippen MR) is 108 cm³/mol. The van der Waals surface area contributed by atoms with Gasteiger partial charge in [0.1, 0.15) is 11.4 Å². The average molecular weight is 420 g/mol. The molecule has 0 spiro atoms. The second-order valence-corrected chi connectivity index (χ2v) is 7.65. The minimum atomic E-state index is -1.12. The van der Waals surface area contributed by atoms with E-state index in [9.17, 15) is 9.59 Å². The molecule has 2 heterocycles. The molecule has 0 saturated carbocycles. The summed E-state index contributed by atoms with van der Waals surface area (Å²) in [6.45, 7) is 3.33. The molecule has 0 aliphatic rings. The van der Waals surface area contributed by atoms with Crippen molar-refractivity contribution >= 4 is 39.9 Å². The van der Waals surface area contributed by atoms with Crippen molar-refractivity contribution in [1.29, 1.82) is 0 Å². The van der Waals surface area contributed by atoms with Crippen molar-refractivity contribution in [1.82, 2.24) is 9.97 Å². The first-order valence-electron chi connectivity index (χ1n) is 8.27. The highest BCUT2D eigenvalue weighted by molar-refractivity contribution is 7.14. The first-order chi connectivity index (χ1) is 13.3. The Labute approximate surface area is 170 Å². The fraction of sp³-hybridized carbons (Fsp3) is 0.211. The minimum absolute atomic E-state index is 0.327. The molecule has 146 valence electrons. The number of esters is 1. The number of carbonyl (C=O) groups excluding carboxylic acids is 2. The number of hydrogen-bond donors (Lipinski definition) is 2. The predicted octanol–water partition coefficient (Wildman–Crippen LogP) is 4.37. The van der Waals surface area contributed by atoms with Crippen LogP contribution in [0.2, 0.25) is 5.02 Å². The van der Waals surface area contributed by atoms with Crippen molar-refractivity contribution in [2.75, 3.05) is 12.4 Å². The topological polar surface area (TPSA) is 93.3 Å². The molecule has 0 radical (unpaired) electrons. The molecule has 28 heavy (non-hydrogen) atoms. The highest BCUT2D eigenvalue weighted by Crippen LogP contribution is 2.27. The number of methoxy groups -OCH3 is 1. The molecule has 0 aliphatic heterocycles. The van der Waals surface area contributed by atoms with Crippen molar-refractivity contribution < 1.29 is 19.1 Å². The number of hydrogen-bond acceptors (Lipinski definition) is 6. The number of thiazole rings is 1. The van der Waals surface area contributed by atoms with Gasteiger partial charge in [0.2, 0.25) is 0 Å². The lowest BCUT2D eigenvalue weighted by Gasteiger charge is -2.24. The molecule has 9 heteroatoms. The molecule has 0 fully saturated rings. The number of aromatic nitrogens is 2. The number of carbonyl (C=O) groups is 2. The van der Waals surface area contributed by atoms with Gasteiger partial charge in [-0.15, -0.1) is 11.3 Å². The smallest absolute Gasteiger partial charge is 0.354 e. The summed E-state index contributed by atoms with van der Waals surface area (Å²) < 4.78 is 10.4. The van der Waals surface area contributed by atoms with Gasteiger partial charge in [-0.2, -0.15) is 0 Å². The van der Waals surface area contributed by atoms with Crippen LogP contribution in [0.3, 0.4) is 0 Å². The van der Waals surface area contributed by atoms with Crippen molar-refractivity contribution in [2.45, 2.75) is 19.4 Å². The summed E-state index contributed by atoms with van der Waals surface area (Å²) in [6.07, 6.45) is 1.65. The van der Waals surface area contributed by atoms with Gasteiger partial charge in [0, 0.05) is 22.2 Å². The van der Waals surface area contributed by atoms with Crippen LogP contribution in [-0.2, 0) is 9.53 Å². The molecule has 3 aromatic rings. The Balaban J connectivity index is 1.68. The minimum Gasteiger partial charge on any atom is -0.478 e. The van der Waals surface area contributed by atoms with Crippen molar-refractivity contribution in [2.24, 2.45) is 0 Å². The van der Waals surface area contributed by atoms with Crippen LogP contribution in [0, 0.1) is 0 Å². The van der Waals surface area contributed by atoms with E-state index in [1.807, 2.05) is 0 Å². The van der Waals surface area contributed by atoms with Gasteiger partial charge in [-0.1, -0.05) is 11.6 Å². The van der Waals surface area contributed by atoms with E-state index >= 15 is 0 Å². The third kappa shape index (κ3) is 4.52. The van der Waals surface area contributed by atoms with Crippen LogP contribution >= 0.6 is 22.9 Å². The Bertz CT molecular complexity index is 995. The Hall–Kier alpha value is -2.84. The van der Waals surface area contributed by atoms with Gasteiger partial charge >= 0.3 is 5.97 Å². The van der Waals surface area contributed by atoms with Crippen LogP contribution in [0.15, 0.2) is 41.9 Å². The van der Waals surface area contributed by atoms with Crippen LogP contribution in [0.1, 0.15) is 24.3 Å². The first kappa shape index (κ1) is 19.9. The number of nitrogens with zero attached hydrogens (tertiary/aromatic N) is 1. The van der Waals surface area contributed by atoms with Crippen LogP contribution in [-0.4, -0.2) is 34.6 Å². The molecule has 7 nitrogen and oxygen atoms in total. The van der Waals surface area contributed by atoms with Gasteiger partial charge < -0.3 is 14.5 Å². The number of amides is 1. The van der Waals surface area contributed by atoms with E-state index in [-0.39, 0.29) is 5.91 Å². The summed E-state index contributed by atoms with van der Waals surface area (Å²) in [4.78, 5) is 31.4. The van der Waals surface area contributed by atoms with Crippen molar-refractivity contribution in [3.05, 3.63) is 52.6 Å². The fourth-order valence-corrected chi connectivity index (χ4v) is 3.17. The van der Waals surface area contributed by atoms with Crippen LogP contribution in [0.5, 0.6) is 5.75 Å². The van der Waals surface area contributed by atoms with Crippen molar-refractivity contribution in [3.63, 3.8) is 0 Å². The lowest BCUT2D eigenvalue weighted by atomic mass is 10.1. The van der Waals surface area contributed by atoms with E-state index in [0.29, 0.717) is 32.9 Å². The summed E-state index contributed by atoms with van der Waals surface area (Å²) in [5, 5.41) is 5.56. The number of nitrogens with one attached hydrogen (secondary N) is 2. The van der Waals surface area contributed by atoms with Crippen LogP contribution in [0.4, 0.5) is 5.13 Å². The standard InChI is InChI=1S/C19H18ClN3O4S/c1-19(2,27-13-6-4-12(20)5-7-13)17(25)23-18-22-15(10-28-18)11-8-14(21-9-11)16(24)26-3/h4-10,21H,1-3H3,(H,22,23,25). The number of rotatable bonds is 6.